The first-order chi connectivity index (χ1) is 9.72. The second kappa shape index (κ2) is 4.37. The molecule has 3 aromatic heterocycles. The van der Waals surface area contributed by atoms with E-state index >= 15 is 0 Å². The summed E-state index contributed by atoms with van der Waals surface area (Å²) >= 11 is 7.77. The molecule has 100 valence electrons. The van der Waals surface area contributed by atoms with E-state index in [0.717, 1.165) is 10.2 Å². The summed E-state index contributed by atoms with van der Waals surface area (Å²) in [5.74, 6) is 0.476. The zero-order valence-electron chi connectivity index (χ0n) is 9.98. The normalized spacial score (nSPS) is 11.6. The Labute approximate surface area is 125 Å². The number of hydrogen-bond donors (Lipinski definition) is 0. The van der Waals surface area contributed by atoms with Gasteiger partial charge < -0.3 is 4.42 Å². The molecule has 0 radical (unpaired) electrons. The minimum atomic E-state index is -0.0181. The van der Waals surface area contributed by atoms with Crippen molar-refractivity contribution in [3.8, 4) is 0 Å². The molecule has 0 fully saturated rings. The van der Waals surface area contributed by atoms with E-state index < -0.39 is 0 Å². The predicted octanol–water partition coefficient (Wildman–Crippen LogP) is 3.14. The lowest BCUT2D eigenvalue weighted by molar-refractivity contribution is 0.511. The van der Waals surface area contributed by atoms with Crippen molar-refractivity contribution in [2.24, 2.45) is 0 Å². The van der Waals surface area contributed by atoms with E-state index in [-0.39, 0.29) is 4.87 Å². The van der Waals surface area contributed by atoms with Crippen LogP contribution >= 0.6 is 34.9 Å². The van der Waals surface area contributed by atoms with Crippen LogP contribution in [0, 0.1) is 3.95 Å². The van der Waals surface area contributed by atoms with Gasteiger partial charge in [0.2, 0.25) is 11.6 Å². The number of para-hydroxylation sites is 1. The molecular formula is C12H7N3O2S3. The lowest BCUT2D eigenvalue weighted by Crippen LogP contribution is -2.13. The van der Waals surface area contributed by atoms with E-state index in [0.29, 0.717) is 22.1 Å². The SMILES string of the molecule is O=c1sc2ccccc2n1Cc1nn2c(=S)scc2o1. The molecule has 1 aromatic carbocycles. The highest BCUT2D eigenvalue weighted by molar-refractivity contribution is 7.73. The van der Waals surface area contributed by atoms with Crippen molar-refractivity contribution in [2.75, 3.05) is 0 Å². The van der Waals surface area contributed by atoms with Crippen molar-refractivity contribution in [1.29, 1.82) is 0 Å². The van der Waals surface area contributed by atoms with Crippen molar-refractivity contribution in [3.63, 3.8) is 0 Å². The fourth-order valence-electron chi connectivity index (χ4n) is 2.06. The molecule has 0 unspecified atom stereocenters. The van der Waals surface area contributed by atoms with Crippen LogP contribution in [0.1, 0.15) is 5.89 Å². The van der Waals surface area contributed by atoms with Gasteiger partial charge in [-0.3, -0.25) is 9.36 Å². The summed E-state index contributed by atoms with van der Waals surface area (Å²) in [7, 11) is 0. The van der Waals surface area contributed by atoms with Gasteiger partial charge in [-0.2, -0.15) is 4.52 Å². The highest BCUT2D eigenvalue weighted by atomic mass is 32.1. The van der Waals surface area contributed by atoms with Crippen molar-refractivity contribution in [1.82, 2.24) is 14.2 Å². The van der Waals surface area contributed by atoms with E-state index in [1.165, 1.54) is 22.7 Å². The third kappa shape index (κ3) is 1.76. The van der Waals surface area contributed by atoms with E-state index in [1.807, 2.05) is 29.6 Å². The second-order valence-electron chi connectivity index (χ2n) is 4.17. The highest BCUT2D eigenvalue weighted by Gasteiger charge is 2.12. The molecular weight excluding hydrogens is 314 g/mol. The zero-order valence-corrected chi connectivity index (χ0v) is 12.4. The standard InChI is InChI=1S/C12H7N3O2S3/c16-11-14(7-3-1-2-4-8(7)20-11)5-9-13-15-10(17-9)6-19-12(15)18/h1-4,6H,5H2. The average Bonchev–Trinajstić information content (AvgIpc) is 3.07. The molecule has 0 amide bonds. The molecule has 3 heterocycles. The molecule has 20 heavy (non-hydrogen) atoms. The maximum Gasteiger partial charge on any atom is 0.308 e. The number of aromatic nitrogens is 3. The van der Waals surface area contributed by atoms with Crippen molar-refractivity contribution >= 4 is 50.8 Å². The van der Waals surface area contributed by atoms with Crippen molar-refractivity contribution < 1.29 is 4.42 Å². The van der Waals surface area contributed by atoms with Gasteiger partial charge in [0.25, 0.3) is 0 Å². The van der Waals surface area contributed by atoms with Crippen molar-refractivity contribution in [3.05, 3.63) is 49.2 Å². The largest absolute Gasteiger partial charge is 0.420 e. The zero-order chi connectivity index (χ0) is 13.7. The first-order valence-electron chi connectivity index (χ1n) is 5.77. The maximum atomic E-state index is 12.1. The van der Waals surface area contributed by atoms with Crippen LogP contribution < -0.4 is 4.87 Å². The predicted molar refractivity (Wildman–Crippen MR) is 81.4 cm³/mol. The van der Waals surface area contributed by atoms with Crippen LogP contribution in [0.25, 0.3) is 15.9 Å². The van der Waals surface area contributed by atoms with Crippen LogP contribution in [0.4, 0.5) is 0 Å². The van der Waals surface area contributed by atoms with Crippen LogP contribution in [-0.2, 0) is 6.54 Å². The summed E-state index contributed by atoms with van der Waals surface area (Å²) in [5.41, 5.74) is 1.51. The molecule has 0 saturated heterocycles. The van der Waals surface area contributed by atoms with E-state index in [9.17, 15) is 4.79 Å². The summed E-state index contributed by atoms with van der Waals surface area (Å²) in [6, 6.07) is 7.68. The number of thiazole rings is 2. The Morgan fingerprint density at radius 1 is 1.35 bits per heavy atom. The molecule has 0 atom stereocenters. The van der Waals surface area contributed by atoms with Crippen LogP contribution in [-0.4, -0.2) is 14.2 Å². The van der Waals surface area contributed by atoms with Crippen molar-refractivity contribution in [2.45, 2.75) is 6.54 Å². The fraction of sp³-hybridized carbons (Fsp3) is 0.0833. The minimum absolute atomic E-state index is 0.0181. The van der Waals surface area contributed by atoms with Gasteiger partial charge in [-0.1, -0.05) is 23.5 Å². The van der Waals surface area contributed by atoms with Gasteiger partial charge >= 0.3 is 4.87 Å². The first kappa shape index (κ1) is 12.0. The molecule has 5 nitrogen and oxygen atoms in total. The molecule has 4 aromatic rings. The highest BCUT2D eigenvalue weighted by Crippen LogP contribution is 2.19. The average molecular weight is 321 g/mol. The molecule has 0 aliphatic heterocycles. The Hall–Kier alpha value is -1.77. The van der Waals surface area contributed by atoms with Crippen LogP contribution in [0.15, 0.2) is 38.9 Å². The Kier molecular flexibility index (Phi) is 2.62. The third-order valence-corrected chi connectivity index (χ3v) is 5.06. The van der Waals surface area contributed by atoms with E-state index in [2.05, 4.69) is 5.10 Å². The molecule has 0 bridgehead atoms. The first-order valence-corrected chi connectivity index (χ1v) is 7.87. The minimum Gasteiger partial charge on any atom is -0.420 e. The number of benzene rings is 1. The topological polar surface area (TPSA) is 52.4 Å². The monoisotopic (exact) mass is 321 g/mol. The lowest BCUT2D eigenvalue weighted by atomic mass is 10.3. The molecule has 0 aliphatic rings. The summed E-state index contributed by atoms with van der Waals surface area (Å²) < 4.78 is 10.4. The van der Waals surface area contributed by atoms with Gasteiger partial charge in [-0.05, 0) is 24.4 Å². The smallest absolute Gasteiger partial charge is 0.308 e. The second-order valence-corrected chi connectivity index (χ2v) is 6.67. The summed E-state index contributed by atoms with van der Waals surface area (Å²) in [5, 5.41) is 6.11. The molecule has 0 spiro atoms. The number of fused-ring (bicyclic) bond motifs is 2. The van der Waals surface area contributed by atoms with Crippen LogP contribution in [0.5, 0.6) is 0 Å². The van der Waals surface area contributed by atoms with Gasteiger partial charge in [-0.25, -0.2) is 0 Å². The Bertz CT molecular complexity index is 1030. The number of nitrogens with zero attached hydrogens (tertiary/aromatic N) is 3. The number of rotatable bonds is 2. The van der Waals surface area contributed by atoms with Gasteiger partial charge in [0.15, 0.2) is 3.95 Å². The number of hydrogen-bond acceptors (Lipinski definition) is 6. The van der Waals surface area contributed by atoms with Crippen LogP contribution in [0.2, 0.25) is 0 Å². The van der Waals surface area contributed by atoms with Gasteiger partial charge in [0.05, 0.1) is 15.6 Å². The Balaban J connectivity index is 1.86. The Morgan fingerprint density at radius 2 is 2.20 bits per heavy atom. The summed E-state index contributed by atoms with van der Waals surface area (Å²) in [6.07, 6.45) is 0. The maximum absolute atomic E-state index is 12.1. The molecule has 0 N–H and O–H groups in total. The summed E-state index contributed by atoms with van der Waals surface area (Å²) in [4.78, 5) is 12.0. The molecule has 4 rings (SSSR count). The quantitative estimate of drug-likeness (QED) is 0.532. The molecule has 0 aliphatic carbocycles. The fourth-order valence-corrected chi connectivity index (χ4v) is 3.81. The van der Waals surface area contributed by atoms with Gasteiger partial charge in [-0.15, -0.1) is 16.4 Å². The Morgan fingerprint density at radius 3 is 3.05 bits per heavy atom. The van der Waals surface area contributed by atoms with Gasteiger partial charge in [0, 0.05) is 0 Å². The van der Waals surface area contributed by atoms with E-state index in [1.54, 1.807) is 9.08 Å². The van der Waals surface area contributed by atoms with Crippen LogP contribution in [0.3, 0.4) is 0 Å². The lowest BCUT2D eigenvalue weighted by Gasteiger charge is -1.98. The molecule has 0 saturated carbocycles. The summed E-state index contributed by atoms with van der Waals surface area (Å²) in [6.45, 7) is 0.309. The third-order valence-electron chi connectivity index (χ3n) is 2.94. The van der Waals surface area contributed by atoms with Gasteiger partial charge in [0.1, 0.15) is 6.54 Å². The molecule has 8 heteroatoms. The van der Waals surface area contributed by atoms with E-state index in [4.69, 9.17) is 16.6 Å².